The highest BCUT2D eigenvalue weighted by Crippen LogP contribution is 2.30. The average Bonchev–Trinajstić information content (AvgIpc) is 3.36. The summed E-state index contributed by atoms with van der Waals surface area (Å²) in [6, 6.07) is 12.8. The van der Waals surface area contributed by atoms with Gasteiger partial charge in [-0.05, 0) is 63.6 Å². The summed E-state index contributed by atoms with van der Waals surface area (Å²) in [4.78, 5) is 9.85. The number of hydrogen-bond acceptors (Lipinski definition) is 5. The number of nitrogens with one attached hydrogen (secondary N) is 1. The first kappa shape index (κ1) is 19.6. The normalized spacial score (nSPS) is 13.0. The summed E-state index contributed by atoms with van der Waals surface area (Å²) in [7, 11) is 0. The topological polar surface area (TPSA) is 51.5 Å². The maximum Gasteiger partial charge on any atom is 0.137 e. The number of hydrogen-bond donors (Lipinski definition) is 1. The molecule has 0 saturated carbocycles. The number of ether oxygens (including phenoxy) is 1. The quantitative estimate of drug-likeness (QED) is 0.460. The lowest BCUT2D eigenvalue weighted by atomic mass is 10.0. The van der Waals surface area contributed by atoms with Crippen molar-refractivity contribution in [2.75, 3.05) is 0 Å². The Bertz CT molecular complexity index is 1100. The number of aromatic nitrogens is 3. The zero-order chi connectivity index (χ0) is 20.4. The molecule has 4 rings (SSSR count). The second-order valence-corrected chi connectivity index (χ2v) is 9.02. The van der Waals surface area contributed by atoms with Crippen molar-refractivity contribution < 1.29 is 4.74 Å². The van der Waals surface area contributed by atoms with Gasteiger partial charge in [0.05, 0.1) is 11.2 Å². The monoisotopic (exact) mass is 406 g/mol. The van der Waals surface area contributed by atoms with E-state index in [1.807, 2.05) is 42.3 Å². The molecule has 1 N–H and O–H groups in total. The van der Waals surface area contributed by atoms with Gasteiger partial charge in [0.2, 0.25) is 0 Å². The molecular formula is C23H26N4OS. The summed E-state index contributed by atoms with van der Waals surface area (Å²) in [6.45, 7) is 9.09. The van der Waals surface area contributed by atoms with Crippen LogP contribution in [0.2, 0.25) is 0 Å². The van der Waals surface area contributed by atoms with E-state index in [1.165, 1.54) is 16.0 Å². The molecule has 0 spiro atoms. The maximum absolute atomic E-state index is 6.13. The lowest BCUT2D eigenvalue weighted by molar-refractivity contribution is 0.131. The molecule has 0 saturated heterocycles. The second-order valence-electron chi connectivity index (χ2n) is 8.11. The number of benzene rings is 1. The van der Waals surface area contributed by atoms with Crippen LogP contribution in [0.5, 0.6) is 5.75 Å². The van der Waals surface area contributed by atoms with E-state index in [1.54, 1.807) is 11.3 Å². The molecule has 0 aliphatic rings. The van der Waals surface area contributed by atoms with Crippen LogP contribution in [0.15, 0.2) is 60.5 Å². The third kappa shape index (κ3) is 4.49. The van der Waals surface area contributed by atoms with E-state index in [4.69, 9.17) is 4.74 Å². The largest absolute Gasteiger partial charge is 0.488 e. The summed E-state index contributed by atoms with van der Waals surface area (Å²) in [5, 5.41) is 3.63. The van der Waals surface area contributed by atoms with Crippen molar-refractivity contribution in [2.24, 2.45) is 0 Å². The summed E-state index contributed by atoms with van der Waals surface area (Å²) in [5.41, 5.74) is 6.03. The van der Waals surface area contributed by atoms with E-state index >= 15 is 0 Å². The van der Waals surface area contributed by atoms with Crippen LogP contribution in [0.25, 0.3) is 16.9 Å². The molecular weight excluding hydrogens is 380 g/mol. The molecule has 1 unspecified atom stereocenters. The summed E-state index contributed by atoms with van der Waals surface area (Å²) < 4.78 is 8.25. The van der Waals surface area contributed by atoms with Crippen molar-refractivity contribution >= 4 is 17.0 Å². The van der Waals surface area contributed by atoms with Crippen molar-refractivity contribution in [3.63, 3.8) is 0 Å². The summed E-state index contributed by atoms with van der Waals surface area (Å²) >= 11 is 1.67. The maximum atomic E-state index is 6.13. The van der Waals surface area contributed by atoms with E-state index in [0.717, 1.165) is 23.6 Å². The SMILES string of the molecule is CC(NCc1cc(OC(C)(C)C)ccc1-c1cccc2nccn12)c1cncs1. The van der Waals surface area contributed by atoms with Crippen LogP contribution in [-0.2, 0) is 6.54 Å². The van der Waals surface area contributed by atoms with E-state index in [9.17, 15) is 0 Å². The Labute approximate surface area is 175 Å². The predicted octanol–water partition coefficient (Wildman–Crippen LogP) is 5.49. The smallest absolute Gasteiger partial charge is 0.137 e. The molecule has 5 nitrogen and oxygen atoms in total. The molecule has 3 aromatic heterocycles. The summed E-state index contributed by atoms with van der Waals surface area (Å²) in [6.07, 6.45) is 5.76. The minimum atomic E-state index is -0.244. The van der Waals surface area contributed by atoms with Gasteiger partial charge in [-0.2, -0.15) is 0 Å². The van der Waals surface area contributed by atoms with Crippen LogP contribution in [0.4, 0.5) is 0 Å². The predicted molar refractivity (Wildman–Crippen MR) is 118 cm³/mol. The van der Waals surface area contributed by atoms with E-state index in [2.05, 4.69) is 65.6 Å². The van der Waals surface area contributed by atoms with Gasteiger partial charge >= 0.3 is 0 Å². The van der Waals surface area contributed by atoms with Gasteiger partial charge in [-0.15, -0.1) is 11.3 Å². The highest BCUT2D eigenvalue weighted by Gasteiger charge is 2.16. The van der Waals surface area contributed by atoms with Gasteiger partial charge in [0.15, 0.2) is 0 Å². The number of thiazole rings is 1. The van der Waals surface area contributed by atoms with Crippen LogP contribution in [-0.4, -0.2) is 20.0 Å². The molecule has 0 bridgehead atoms. The van der Waals surface area contributed by atoms with Crippen LogP contribution in [0, 0.1) is 0 Å². The van der Waals surface area contributed by atoms with Gasteiger partial charge in [0, 0.05) is 41.6 Å². The molecule has 0 amide bonds. The van der Waals surface area contributed by atoms with Gasteiger partial charge in [0.1, 0.15) is 17.0 Å². The van der Waals surface area contributed by atoms with Crippen LogP contribution >= 0.6 is 11.3 Å². The second kappa shape index (κ2) is 7.97. The Balaban J connectivity index is 1.71. The number of imidazole rings is 1. The van der Waals surface area contributed by atoms with Crippen LogP contribution in [0.1, 0.15) is 44.2 Å². The van der Waals surface area contributed by atoms with Gasteiger partial charge in [-0.1, -0.05) is 6.07 Å². The zero-order valence-corrected chi connectivity index (χ0v) is 18.0. The third-order valence-corrected chi connectivity index (χ3v) is 5.64. The molecule has 1 aromatic carbocycles. The van der Waals surface area contributed by atoms with E-state index < -0.39 is 0 Å². The first-order valence-corrected chi connectivity index (χ1v) is 10.6. The molecule has 29 heavy (non-hydrogen) atoms. The molecule has 0 aliphatic heterocycles. The lowest BCUT2D eigenvalue weighted by Gasteiger charge is -2.23. The Kier molecular flexibility index (Phi) is 5.39. The Hall–Kier alpha value is -2.70. The fourth-order valence-electron chi connectivity index (χ4n) is 3.35. The highest BCUT2D eigenvalue weighted by atomic mass is 32.1. The van der Waals surface area contributed by atoms with E-state index in [-0.39, 0.29) is 11.6 Å². The zero-order valence-electron chi connectivity index (χ0n) is 17.2. The minimum Gasteiger partial charge on any atom is -0.488 e. The first-order chi connectivity index (χ1) is 13.9. The van der Waals surface area contributed by atoms with Gasteiger partial charge in [-0.3, -0.25) is 9.38 Å². The number of nitrogens with zero attached hydrogens (tertiary/aromatic N) is 3. The standard InChI is InChI=1S/C23H26N4OS/c1-16(21-14-24-15-29-21)26-13-17-12-18(28-23(2,3)4)8-9-19(17)20-6-5-7-22-25-10-11-27(20)22/h5-12,14-16,26H,13H2,1-4H3. The molecule has 6 heteroatoms. The first-order valence-electron chi connectivity index (χ1n) is 9.77. The minimum absolute atomic E-state index is 0.228. The van der Waals surface area contributed by atoms with Crippen molar-refractivity contribution in [1.82, 2.24) is 19.7 Å². The van der Waals surface area contributed by atoms with Crippen molar-refractivity contribution in [3.8, 4) is 17.0 Å². The highest BCUT2D eigenvalue weighted by molar-refractivity contribution is 7.09. The number of rotatable bonds is 6. The fourth-order valence-corrected chi connectivity index (χ4v) is 4.01. The Morgan fingerprint density at radius 2 is 2.07 bits per heavy atom. The summed E-state index contributed by atoms with van der Waals surface area (Å²) in [5.74, 6) is 0.876. The number of pyridine rings is 1. The van der Waals surface area contributed by atoms with Crippen molar-refractivity contribution in [2.45, 2.75) is 45.9 Å². The van der Waals surface area contributed by atoms with Gasteiger partial charge in [-0.25, -0.2) is 4.98 Å². The molecule has 0 aliphatic carbocycles. The molecule has 1 atom stereocenters. The molecule has 0 radical (unpaired) electrons. The van der Waals surface area contributed by atoms with Crippen molar-refractivity contribution in [3.05, 3.63) is 70.9 Å². The Morgan fingerprint density at radius 3 is 2.83 bits per heavy atom. The van der Waals surface area contributed by atoms with Gasteiger partial charge < -0.3 is 10.1 Å². The number of fused-ring (bicyclic) bond motifs is 1. The lowest BCUT2D eigenvalue weighted by Crippen LogP contribution is -2.23. The van der Waals surface area contributed by atoms with Crippen LogP contribution < -0.4 is 10.1 Å². The van der Waals surface area contributed by atoms with E-state index in [0.29, 0.717) is 0 Å². The Morgan fingerprint density at radius 1 is 1.21 bits per heavy atom. The fraction of sp³-hybridized carbons (Fsp3) is 0.304. The average molecular weight is 407 g/mol. The molecule has 0 fully saturated rings. The van der Waals surface area contributed by atoms with Crippen LogP contribution in [0.3, 0.4) is 0 Å². The molecule has 4 aromatic rings. The van der Waals surface area contributed by atoms with Gasteiger partial charge in [0.25, 0.3) is 0 Å². The molecule has 3 heterocycles. The third-order valence-electron chi connectivity index (χ3n) is 4.68. The molecule has 150 valence electrons. The van der Waals surface area contributed by atoms with Crippen molar-refractivity contribution in [1.29, 1.82) is 0 Å².